The zero-order chi connectivity index (χ0) is 9.26. The average Bonchev–Trinajstić information content (AvgIpc) is 2.51. The van der Waals surface area contributed by atoms with Crippen molar-refractivity contribution in [2.45, 2.75) is 6.54 Å². The van der Waals surface area contributed by atoms with Crippen LogP contribution in [0, 0.1) is 4.64 Å². The predicted molar refractivity (Wildman–Crippen MR) is 52.9 cm³/mol. The van der Waals surface area contributed by atoms with E-state index in [1.165, 1.54) is 0 Å². The Hall–Kier alpha value is -1.49. The van der Waals surface area contributed by atoms with E-state index < -0.39 is 0 Å². The van der Waals surface area contributed by atoms with E-state index >= 15 is 0 Å². The Balaban J connectivity index is 2.78. The largest absolute Gasteiger partial charge is 0.329 e. The second-order valence-electron chi connectivity index (χ2n) is 2.59. The molecule has 0 radical (unpaired) electrons. The highest BCUT2D eigenvalue weighted by Crippen LogP contribution is 2.09. The second kappa shape index (κ2) is 3.10. The van der Waals surface area contributed by atoms with Gasteiger partial charge in [0.1, 0.15) is 5.52 Å². The van der Waals surface area contributed by atoms with Crippen molar-refractivity contribution in [3.63, 3.8) is 0 Å². The van der Waals surface area contributed by atoms with E-state index in [1.54, 1.807) is 18.7 Å². The van der Waals surface area contributed by atoms with Gasteiger partial charge >= 0.3 is 0 Å². The van der Waals surface area contributed by atoms with Crippen LogP contribution in [-0.4, -0.2) is 19.5 Å². The van der Waals surface area contributed by atoms with Crippen LogP contribution in [0.3, 0.4) is 0 Å². The van der Waals surface area contributed by atoms with Crippen molar-refractivity contribution in [3.05, 3.63) is 30.0 Å². The van der Waals surface area contributed by atoms with Gasteiger partial charge in [-0.05, 0) is 0 Å². The third kappa shape index (κ3) is 1.27. The zero-order valence-electron chi connectivity index (χ0n) is 6.90. The lowest BCUT2D eigenvalue weighted by molar-refractivity contribution is 0.848. The molecule has 0 aliphatic heterocycles. The molecule has 1 N–H and O–H groups in total. The highest BCUT2D eigenvalue weighted by Gasteiger charge is 2.02. The molecule has 66 valence electrons. The molecule has 0 unspecified atom stereocenters. The number of aromatic nitrogens is 4. The van der Waals surface area contributed by atoms with E-state index in [1.807, 2.05) is 4.57 Å². The van der Waals surface area contributed by atoms with Crippen LogP contribution in [0.4, 0.5) is 0 Å². The molecule has 2 heterocycles. The van der Waals surface area contributed by atoms with Crippen LogP contribution in [0.15, 0.2) is 25.3 Å². The van der Waals surface area contributed by atoms with Crippen molar-refractivity contribution in [2.75, 3.05) is 0 Å². The second-order valence-corrected chi connectivity index (χ2v) is 2.98. The molecule has 2 rings (SSSR count). The summed E-state index contributed by atoms with van der Waals surface area (Å²) in [6.45, 7) is 4.35. The molecule has 0 fully saturated rings. The fourth-order valence-electron chi connectivity index (χ4n) is 1.20. The van der Waals surface area contributed by atoms with Crippen LogP contribution < -0.4 is 0 Å². The molecular formula is C8H8N4S. The maximum atomic E-state index is 5.08. The SMILES string of the molecule is C=CCn1cnc2[nH]cnc(=S)c21. The third-order valence-electron chi connectivity index (χ3n) is 1.75. The van der Waals surface area contributed by atoms with Gasteiger partial charge in [-0.15, -0.1) is 6.58 Å². The van der Waals surface area contributed by atoms with Crippen LogP contribution in [0.2, 0.25) is 0 Å². The summed E-state index contributed by atoms with van der Waals surface area (Å²) in [6.07, 6.45) is 5.07. The van der Waals surface area contributed by atoms with E-state index in [-0.39, 0.29) is 0 Å². The first-order valence-corrected chi connectivity index (χ1v) is 4.23. The van der Waals surface area contributed by atoms with Gasteiger partial charge in [0.15, 0.2) is 10.3 Å². The first-order chi connectivity index (χ1) is 6.33. The van der Waals surface area contributed by atoms with Gasteiger partial charge in [0.25, 0.3) is 0 Å². The van der Waals surface area contributed by atoms with Crippen molar-refractivity contribution in [2.24, 2.45) is 0 Å². The third-order valence-corrected chi connectivity index (χ3v) is 2.05. The number of aromatic amines is 1. The molecule has 4 nitrogen and oxygen atoms in total. The molecule has 0 saturated carbocycles. The van der Waals surface area contributed by atoms with E-state index in [0.717, 1.165) is 11.2 Å². The molecule has 0 aliphatic carbocycles. The fourth-order valence-corrected chi connectivity index (χ4v) is 1.47. The number of imidazole rings is 1. The number of nitrogens with zero attached hydrogens (tertiary/aromatic N) is 3. The number of hydrogen-bond acceptors (Lipinski definition) is 3. The minimum absolute atomic E-state index is 0.563. The predicted octanol–water partition coefficient (Wildman–Crippen LogP) is 1.67. The van der Waals surface area contributed by atoms with Gasteiger partial charge < -0.3 is 9.55 Å². The maximum Gasteiger partial charge on any atom is 0.160 e. The van der Waals surface area contributed by atoms with Gasteiger partial charge in [-0.3, -0.25) is 0 Å². The molecule has 0 aromatic carbocycles. The van der Waals surface area contributed by atoms with Gasteiger partial charge in [-0.2, -0.15) is 0 Å². The van der Waals surface area contributed by atoms with E-state index in [2.05, 4.69) is 21.5 Å². The highest BCUT2D eigenvalue weighted by molar-refractivity contribution is 7.71. The zero-order valence-corrected chi connectivity index (χ0v) is 7.71. The number of allylic oxidation sites excluding steroid dienone is 1. The Bertz CT molecular complexity index is 496. The first-order valence-electron chi connectivity index (χ1n) is 3.82. The number of nitrogens with one attached hydrogen (secondary N) is 1. The molecule has 5 heteroatoms. The summed E-state index contributed by atoms with van der Waals surface area (Å²) in [5.41, 5.74) is 1.62. The maximum absolute atomic E-state index is 5.08. The lowest BCUT2D eigenvalue weighted by Gasteiger charge is -1.97. The standard InChI is InChI=1S/C8H8N4S/c1-2-3-12-5-11-7-6(12)8(13)10-4-9-7/h2,4-5H,1,3H2,(H,9,10,13). The first kappa shape index (κ1) is 8.12. The minimum Gasteiger partial charge on any atom is -0.329 e. The fraction of sp³-hybridized carbons (Fsp3) is 0.125. The van der Waals surface area contributed by atoms with Crippen LogP contribution in [-0.2, 0) is 6.54 Å². The van der Waals surface area contributed by atoms with Gasteiger partial charge in [-0.25, -0.2) is 9.97 Å². The monoisotopic (exact) mass is 192 g/mol. The Morgan fingerprint density at radius 1 is 1.62 bits per heavy atom. The van der Waals surface area contributed by atoms with Gasteiger partial charge in [0.05, 0.1) is 12.7 Å². The average molecular weight is 192 g/mol. The van der Waals surface area contributed by atoms with Crippen LogP contribution in [0.25, 0.3) is 11.2 Å². The number of rotatable bonds is 2. The molecule has 0 aliphatic rings. The summed E-state index contributed by atoms with van der Waals surface area (Å²) in [7, 11) is 0. The molecular weight excluding hydrogens is 184 g/mol. The Morgan fingerprint density at radius 2 is 2.46 bits per heavy atom. The molecule has 2 aromatic heterocycles. The van der Waals surface area contributed by atoms with Crippen molar-refractivity contribution in [1.82, 2.24) is 19.5 Å². The van der Waals surface area contributed by atoms with Crippen molar-refractivity contribution in [3.8, 4) is 0 Å². The molecule has 2 aromatic rings. The van der Waals surface area contributed by atoms with Crippen molar-refractivity contribution < 1.29 is 0 Å². The summed E-state index contributed by atoms with van der Waals surface area (Å²) < 4.78 is 2.47. The van der Waals surface area contributed by atoms with Crippen molar-refractivity contribution in [1.29, 1.82) is 0 Å². The van der Waals surface area contributed by atoms with Crippen LogP contribution >= 0.6 is 12.2 Å². The quantitative estimate of drug-likeness (QED) is 0.581. The lowest BCUT2D eigenvalue weighted by Crippen LogP contribution is -1.93. The Kier molecular flexibility index (Phi) is 1.94. The summed E-state index contributed by atoms with van der Waals surface area (Å²) in [5, 5.41) is 0. The Morgan fingerprint density at radius 3 is 3.23 bits per heavy atom. The number of hydrogen-bond donors (Lipinski definition) is 1. The molecule has 0 spiro atoms. The Labute approximate surface area is 80.0 Å². The van der Waals surface area contributed by atoms with Gasteiger partial charge in [-0.1, -0.05) is 18.3 Å². The van der Waals surface area contributed by atoms with Gasteiger partial charge in [0.2, 0.25) is 0 Å². The number of H-pyrrole nitrogens is 1. The highest BCUT2D eigenvalue weighted by atomic mass is 32.1. The van der Waals surface area contributed by atoms with E-state index in [0.29, 0.717) is 11.2 Å². The van der Waals surface area contributed by atoms with Gasteiger partial charge in [0, 0.05) is 6.54 Å². The topological polar surface area (TPSA) is 46.5 Å². The molecule has 13 heavy (non-hydrogen) atoms. The van der Waals surface area contributed by atoms with Crippen LogP contribution in [0.5, 0.6) is 0 Å². The molecule has 0 amide bonds. The van der Waals surface area contributed by atoms with Crippen LogP contribution in [0.1, 0.15) is 0 Å². The minimum atomic E-state index is 0.563. The summed E-state index contributed by atoms with van der Waals surface area (Å²) in [6, 6.07) is 0. The summed E-state index contributed by atoms with van der Waals surface area (Å²) in [4.78, 5) is 11.1. The number of fused-ring (bicyclic) bond motifs is 1. The smallest absolute Gasteiger partial charge is 0.160 e. The summed E-state index contributed by atoms with van der Waals surface area (Å²) >= 11 is 5.08. The summed E-state index contributed by atoms with van der Waals surface area (Å²) in [5.74, 6) is 0. The molecule has 0 atom stereocenters. The lowest BCUT2D eigenvalue weighted by atomic mass is 10.5. The molecule has 0 bridgehead atoms. The van der Waals surface area contributed by atoms with E-state index in [9.17, 15) is 0 Å². The normalized spacial score (nSPS) is 10.5. The van der Waals surface area contributed by atoms with E-state index in [4.69, 9.17) is 12.2 Å². The van der Waals surface area contributed by atoms with Crippen molar-refractivity contribution >= 4 is 23.4 Å². The molecule has 0 saturated heterocycles.